The molecule has 0 unspecified atom stereocenters. The number of phenols is 1. The van der Waals surface area contributed by atoms with Crippen molar-refractivity contribution in [1.82, 2.24) is 15.2 Å². The Labute approximate surface area is 237 Å². The van der Waals surface area contributed by atoms with Gasteiger partial charge in [0.15, 0.2) is 5.58 Å². The summed E-state index contributed by atoms with van der Waals surface area (Å²) in [5.41, 5.74) is 3.46. The lowest BCUT2D eigenvalue weighted by atomic mass is 10.00. The third-order valence-corrected chi connectivity index (χ3v) is 6.40. The van der Waals surface area contributed by atoms with Crippen LogP contribution in [0.3, 0.4) is 0 Å². The van der Waals surface area contributed by atoms with Gasteiger partial charge in [-0.25, -0.2) is 9.59 Å². The van der Waals surface area contributed by atoms with E-state index in [1.54, 1.807) is 52.1 Å². The molecule has 0 radical (unpaired) electrons. The van der Waals surface area contributed by atoms with Gasteiger partial charge in [0.25, 0.3) is 0 Å². The van der Waals surface area contributed by atoms with Crippen molar-refractivity contribution in [3.05, 3.63) is 88.4 Å². The number of benzene rings is 3. The normalized spacial score (nSPS) is 12.8. The Morgan fingerprint density at radius 3 is 2.39 bits per heavy atom. The highest BCUT2D eigenvalue weighted by Gasteiger charge is 2.25. The van der Waals surface area contributed by atoms with Crippen LogP contribution >= 0.6 is 0 Å². The van der Waals surface area contributed by atoms with Crippen molar-refractivity contribution in [1.29, 1.82) is 5.26 Å². The predicted molar refractivity (Wildman–Crippen MR) is 153 cm³/mol. The number of para-hydroxylation sites is 1. The van der Waals surface area contributed by atoms with E-state index in [9.17, 15) is 24.8 Å². The highest BCUT2D eigenvalue weighted by atomic mass is 16.6. The fourth-order valence-corrected chi connectivity index (χ4v) is 4.41. The van der Waals surface area contributed by atoms with Crippen LogP contribution in [0.2, 0.25) is 0 Å². The van der Waals surface area contributed by atoms with E-state index in [-0.39, 0.29) is 18.6 Å². The number of phenolic OH excluding ortho intramolecular Hbond substituents is 1. The zero-order chi connectivity index (χ0) is 29.7. The van der Waals surface area contributed by atoms with Crippen molar-refractivity contribution in [3.63, 3.8) is 0 Å². The van der Waals surface area contributed by atoms with Gasteiger partial charge in [-0.05, 0) is 55.7 Å². The topological polar surface area (TPSA) is 147 Å². The summed E-state index contributed by atoms with van der Waals surface area (Å²) >= 11 is 0. The number of nitriles is 1. The van der Waals surface area contributed by atoms with Crippen molar-refractivity contribution < 1.29 is 23.8 Å². The molecule has 3 aromatic carbocycles. The number of aromatic hydroxyl groups is 1. The number of carbonyl (C=O) groups excluding carboxylic acids is 2. The number of carbonyl (C=O) groups is 2. The van der Waals surface area contributed by atoms with Crippen molar-refractivity contribution in [2.24, 2.45) is 7.05 Å². The van der Waals surface area contributed by atoms with Crippen LogP contribution in [-0.2, 0) is 23.0 Å². The van der Waals surface area contributed by atoms with Crippen LogP contribution in [0.1, 0.15) is 44.4 Å². The molecule has 0 spiro atoms. The van der Waals surface area contributed by atoms with Gasteiger partial charge in [-0.1, -0.05) is 48.5 Å². The number of hydrogen-bond acceptors (Lipinski definition) is 7. The maximum absolute atomic E-state index is 13.0. The van der Waals surface area contributed by atoms with E-state index in [1.807, 2.05) is 36.4 Å². The van der Waals surface area contributed by atoms with E-state index in [2.05, 4.69) is 16.7 Å². The van der Waals surface area contributed by atoms with Crippen LogP contribution in [-0.4, -0.2) is 33.3 Å². The summed E-state index contributed by atoms with van der Waals surface area (Å²) in [6, 6.07) is 19.9. The number of nitrogens with zero attached hydrogens (tertiary/aromatic N) is 2. The van der Waals surface area contributed by atoms with Gasteiger partial charge < -0.3 is 24.9 Å². The second-order valence-electron chi connectivity index (χ2n) is 10.7. The molecule has 1 aromatic heterocycles. The second kappa shape index (κ2) is 12.0. The van der Waals surface area contributed by atoms with Crippen LogP contribution in [0.5, 0.6) is 5.75 Å². The van der Waals surface area contributed by atoms with E-state index in [4.69, 9.17) is 9.15 Å². The number of ether oxygens (including phenoxy) is 1. The molecule has 0 aliphatic rings. The number of aryl methyl sites for hydroxylation is 1. The molecule has 10 heteroatoms. The first-order valence-corrected chi connectivity index (χ1v) is 13.1. The lowest BCUT2D eigenvalue weighted by Gasteiger charge is -2.24. The fourth-order valence-electron chi connectivity index (χ4n) is 4.41. The number of aromatic nitrogens is 1. The summed E-state index contributed by atoms with van der Waals surface area (Å²) in [5.74, 6) is -0.978. The largest absolute Gasteiger partial charge is 0.508 e. The van der Waals surface area contributed by atoms with Crippen molar-refractivity contribution >= 4 is 23.1 Å². The quantitative estimate of drug-likeness (QED) is 0.285. The molecule has 0 bridgehead atoms. The Bertz CT molecular complexity index is 1660. The minimum atomic E-state index is -0.878. The number of nitrogens with one attached hydrogen (secondary N) is 2. The van der Waals surface area contributed by atoms with Gasteiger partial charge in [0.1, 0.15) is 17.4 Å². The first-order valence-electron chi connectivity index (χ1n) is 13.1. The van der Waals surface area contributed by atoms with Gasteiger partial charge in [0, 0.05) is 19.0 Å². The van der Waals surface area contributed by atoms with E-state index < -0.39 is 35.4 Å². The minimum Gasteiger partial charge on any atom is -0.508 e. The Kier molecular flexibility index (Phi) is 8.48. The van der Waals surface area contributed by atoms with Crippen molar-refractivity contribution in [2.75, 3.05) is 0 Å². The molecule has 212 valence electrons. The van der Waals surface area contributed by atoms with E-state index >= 15 is 0 Å². The minimum absolute atomic E-state index is 0.0765. The molecule has 4 aromatic rings. The molecule has 0 saturated carbocycles. The number of fused-ring (bicyclic) bond motifs is 1. The number of hydrogen-bond donors (Lipinski definition) is 3. The van der Waals surface area contributed by atoms with Crippen molar-refractivity contribution in [2.45, 2.75) is 51.3 Å². The lowest BCUT2D eigenvalue weighted by molar-refractivity contribution is -0.122. The van der Waals surface area contributed by atoms with Crippen molar-refractivity contribution in [3.8, 4) is 22.9 Å². The molecule has 4 rings (SSSR count). The molecular formula is C31H32N4O6. The maximum Gasteiger partial charge on any atom is 0.419 e. The lowest BCUT2D eigenvalue weighted by Crippen LogP contribution is -2.40. The van der Waals surface area contributed by atoms with Gasteiger partial charge in [-0.2, -0.15) is 5.26 Å². The highest BCUT2D eigenvalue weighted by Crippen LogP contribution is 2.27. The molecule has 0 saturated heterocycles. The molecule has 3 N–H and O–H groups in total. The summed E-state index contributed by atoms with van der Waals surface area (Å²) in [7, 11) is 1.65. The second-order valence-corrected chi connectivity index (χ2v) is 10.7. The van der Waals surface area contributed by atoms with Crippen LogP contribution in [0.4, 0.5) is 4.79 Å². The molecular weight excluding hydrogens is 524 g/mol. The summed E-state index contributed by atoms with van der Waals surface area (Å²) in [6.07, 6.45) is -0.685. The molecule has 41 heavy (non-hydrogen) atoms. The van der Waals surface area contributed by atoms with Gasteiger partial charge in [-0.15, -0.1) is 0 Å². The SMILES string of the molecule is Cn1c(=O)oc2ccc(-c3ccc(C[C@@H](C#N)NC(=O)C[C@H](NC(=O)OC(C)(C)C)c4ccccc4O)cc3)cc21. The Morgan fingerprint density at radius 1 is 1.05 bits per heavy atom. The average molecular weight is 557 g/mol. The Hall–Kier alpha value is -5.04. The van der Waals surface area contributed by atoms with Gasteiger partial charge in [0.2, 0.25) is 5.91 Å². The average Bonchev–Trinajstić information content (AvgIpc) is 3.20. The molecule has 0 aliphatic carbocycles. The summed E-state index contributed by atoms with van der Waals surface area (Å²) < 4.78 is 12.0. The zero-order valence-electron chi connectivity index (χ0n) is 23.3. The molecule has 2 atom stereocenters. The highest BCUT2D eigenvalue weighted by molar-refractivity contribution is 5.81. The number of alkyl carbamates (subject to hydrolysis) is 1. The molecule has 10 nitrogen and oxygen atoms in total. The zero-order valence-corrected chi connectivity index (χ0v) is 23.3. The fraction of sp³-hybridized carbons (Fsp3) is 0.290. The molecule has 2 amide bonds. The molecule has 0 aliphatic heterocycles. The van der Waals surface area contributed by atoms with E-state index in [1.165, 1.54) is 10.6 Å². The van der Waals surface area contributed by atoms with Crippen LogP contribution in [0, 0.1) is 11.3 Å². The van der Waals surface area contributed by atoms with Gasteiger partial charge in [-0.3, -0.25) is 9.36 Å². The smallest absolute Gasteiger partial charge is 0.419 e. The standard InChI is InChI=1S/C31H32N4O6/c1-31(2,3)41-29(38)34-24(23-7-5-6-8-26(23)36)17-28(37)33-22(18-32)15-19-9-11-20(12-10-19)21-13-14-27-25(16-21)35(4)30(39)40-27/h5-14,16,22,24,36H,15,17H2,1-4H3,(H,33,37)(H,34,38)/t22-,24-/m0/s1. The van der Waals surface area contributed by atoms with Crippen LogP contribution in [0.15, 0.2) is 75.9 Å². The van der Waals surface area contributed by atoms with Crippen LogP contribution < -0.4 is 16.4 Å². The summed E-state index contributed by atoms with van der Waals surface area (Å²) in [6.45, 7) is 5.17. The first kappa shape index (κ1) is 29.0. The molecule has 0 fully saturated rings. The van der Waals surface area contributed by atoms with Gasteiger partial charge >= 0.3 is 11.8 Å². The summed E-state index contributed by atoms with van der Waals surface area (Å²) in [5, 5.41) is 25.4. The number of amides is 2. The number of oxazole rings is 1. The van der Waals surface area contributed by atoms with Gasteiger partial charge in [0.05, 0.1) is 24.0 Å². The summed E-state index contributed by atoms with van der Waals surface area (Å²) in [4.78, 5) is 37.2. The maximum atomic E-state index is 13.0. The Morgan fingerprint density at radius 2 is 1.73 bits per heavy atom. The predicted octanol–water partition coefficient (Wildman–Crippen LogP) is 4.71. The van der Waals surface area contributed by atoms with E-state index in [0.717, 1.165) is 16.7 Å². The van der Waals surface area contributed by atoms with E-state index in [0.29, 0.717) is 16.7 Å². The third kappa shape index (κ3) is 7.33. The van der Waals surface area contributed by atoms with Crippen LogP contribution in [0.25, 0.3) is 22.2 Å². The molecule has 1 heterocycles. The third-order valence-electron chi connectivity index (χ3n) is 6.40. The first-order chi connectivity index (χ1) is 19.4. The monoisotopic (exact) mass is 556 g/mol. The Balaban J connectivity index is 1.43. The number of rotatable bonds is 8.